The number of hydrogen-bond acceptors (Lipinski definition) is 5. The predicted octanol–water partition coefficient (Wildman–Crippen LogP) is 4.94. The van der Waals surface area contributed by atoms with E-state index in [1.807, 2.05) is 54.6 Å². The Morgan fingerprint density at radius 2 is 1.59 bits per heavy atom. The molecule has 0 aliphatic carbocycles. The van der Waals surface area contributed by atoms with Gasteiger partial charge in [0.15, 0.2) is 0 Å². The van der Waals surface area contributed by atoms with Gasteiger partial charge in [-0.1, -0.05) is 18.2 Å². The molecule has 1 saturated heterocycles. The standard InChI is InChI=1S/C26H29N5O/c1-29-15-12-19(13-16-29)24-14-17-30(2)26-23(18-27)25(28-31(24)26)20-8-10-22(11-9-20)32-21-6-4-3-5-7-21/h3-11,19,24H,12-17H2,1-2H3. The van der Waals surface area contributed by atoms with Crippen molar-refractivity contribution in [2.45, 2.75) is 25.3 Å². The average Bonchev–Trinajstić information content (AvgIpc) is 3.22. The minimum absolute atomic E-state index is 0.358. The Hall–Kier alpha value is -3.30. The lowest BCUT2D eigenvalue weighted by molar-refractivity contribution is 0.157. The van der Waals surface area contributed by atoms with Gasteiger partial charge in [-0.25, -0.2) is 4.68 Å². The van der Waals surface area contributed by atoms with Gasteiger partial charge in [0.25, 0.3) is 0 Å². The molecule has 32 heavy (non-hydrogen) atoms. The van der Waals surface area contributed by atoms with Gasteiger partial charge in [0.1, 0.15) is 34.6 Å². The summed E-state index contributed by atoms with van der Waals surface area (Å²) >= 11 is 0. The Morgan fingerprint density at radius 1 is 0.906 bits per heavy atom. The van der Waals surface area contributed by atoms with Crippen LogP contribution in [-0.4, -0.2) is 48.4 Å². The molecular formula is C26H29N5O. The normalized spacial score (nSPS) is 19.4. The van der Waals surface area contributed by atoms with Crippen LogP contribution in [0.15, 0.2) is 54.6 Å². The number of nitrogens with zero attached hydrogens (tertiary/aromatic N) is 5. The van der Waals surface area contributed by atoms with Crippen LogP contribution in [0, 0.1) is 17.2 Å². The number of anilines is 1. The third-order valence-corrected chi connectivity index (χ3v) is 6.85. The molecule has 6 nitrogen and oxygen atoms in total. The van der Waals surface area contributed by atoms with E-state index in [2.05, 4.69) is 34.6 Å². The summed E-state index contributed by atoms with van der Waals surface area (Å²) in [5, 5.41) is 15.1. The zero-order chi connectivity index (χ0) is 22.1. The summed E-state index contributed by atoms with van der Waals surface area (Å²) in [4.78, 5) is 4.59. The zero-order valence-corrected chi connectivity index (χ0v) is 18.7. The molecule has 164 valence electrons. The fourth-order valence-electron chi connectivity index (χ4n) is 5.04. The summed E-state index contributed by atoms with van der Waals surface area (Å²) in [5.74, 6) is 3.14. The van der Waals surface area contributed by atoms with E-state index in [9.17, 15) is 5.26 Å². The highest BCUT2D eigenvalue weighted by atomic mass is 16.5. The molecule has 3 heterocycles. The topological polar surface area (TPSA) is 57.3 Å². The largest absolute Gasteiger partial charge is 0.457 e. The van der Waals surface area contributed by atoms with E-state index in [4.69, 9.17) is 9.84 Å². The monoisotopic (exact) mass is 427 g/mol. The summed E-state index contributed by atoms with van der Waals surface area (Å²) in [6, 6.07) is 20.4. The van der Waals surface area contributed by atoms with Gasteiger partial charge in [-0.3, -0.25) is 0 Å². The van der Waals surface area contributed by atoms with Crippen LogP contribution < -0.4 is 9.64 Å². The molecule has 1 fully saturated rings. The number of piperidine rings is 1. The van der Waals surface area contributed by atoms with Crippen molar-refractivity contribution in [3.8, 4) is 28.8 Å². The number of fused-ring (bicyclic) bond motifs is 1. The molecule has 0 bridgehead atoms. The third-order valence-electron chi connectivity index (χ3n) is 6.85. The second-order valence-corrected chi connectivity index (χ2v) is 8.96. The first-order valence-corrected chi connectivity index (χ1v) is 11.4. The first kappa shape index (κ1) is 20.6. The Bertz CT molecular complexity index is 1110. The SMILES string of the molecule is CN1CCC(C2CCN(C)c3c(C#N)c(-c4ccc(Oc5ccccc5)cc4)nn32)CC1. The molecule has 6 heteroatoms. The van der Waals surface area contributed by atoms with Crippen molar-refractivity contribution >= 4 is 5.82 Å². The lowest BCUT2D eigenvalue weighted by Crippen LogP contribution is -2.39. The lowest BCUT2D eigenvalue weighted by Gasteiger charge is -2.39. The van der Waals surface area contributed by atoms with Crippen molar-refractivity contribution < 1.29 is 4.74 Å². The predicted molar refractivity (Wildman–Crippen MR) is 126 cm³/mol. The van der Waals surface area contributed by atoms with Crippen molar-refractivity contribution in [3.05, 3.63) is 60.2 Å². The van der Waals surface area contributed by atoms with Crippen molar-refractivity contribution in [3.63, 3.8) is 0 Å². The molecule has 5 rings (SSSR count). The van der Waals surface area contributed by atoms with Crippen LogP contribution in [0.1, 0.15) is 30.9 Å². The van der Waals surface area contributed by atoms with E-state index in [-0.39, 0.29) is 0 Å². The average molecular weight is 428 g/mol. The molecule has 2 aromatic carbocycles. The van der Waals surface area contributed by atoms with E-state index in [0.717, 1.165) is 54.6 Å². The van der Waals surface area contributed by atoms with Gasteiger partial charge in [-0.15, -0.1) is 0 Å². The third kappa shape index (κ3) is 3.85. The van der Waals surface area contributed by atoms with Crippen LogP contribution in [-0.2, 0) is 0 Å². The van der Waals surface area contributed by atoms with Crippen LogP contribution in [0.4, 0.5) is 5.82 Å². The van der Waals surface area contributed by atoms with Gasteiger partial charge in [-0.05, 0) is 81.7 Å². The lowest BCUT2D eigenvalue weighted by atomic mass is 9.87. The highest BCUT2D eigenvalue weighted by molar-refractivity contribution is 5.75. The Morgan fingerprint density at radius 3 is 2.28 bits per heavy atom. The Labute approximate surface area is 189 Å². The maximum absolute atomic E-state index is 10.1. The van der Waals surface area contributed by atoms with Crippen molar-refractivity contribution in [1.82, 2.24) is 14.7 Å². The molecule has 0 spiro atoms. The second-order valence-electron chi connectivity index (χ2n) is 8.96. The summed E-state index contributed by atoms with van der Waals surface area (Å²) < 4.78 is 8.08. The van der Waals surface area contributed by atoms with Crippen molar-refractivity contribution in [2.75, 3.05) is 38.6 Å². The number of hydrogen-bond donors (Lipinski definition) is 0. The maximum Gasteiger partial charge on any atom is 0.145 e. The first-order chi connectivity index (χ1) is 15.6. The minimum Gasteiger partial charge on any atom is -0.457 e. The number of para-hydroxylation sites is 1. The number of nitriles is 1. The van der Waals surface area contributed by atoms with Crippen LogP contribution in [0.25, 0.3) is 11.3 Å². The van der Waals surface area contributed by atoms with E-state index >= 15 is 0 Å². The van der Waals surface area contributed by atoms with E-state index in [1.54, 1.807) is 0 Å². The molecule has 0 radical (unpaired) electrons. The number of rotatable bonds is 4. The number of benzene rings is 2. The second kappa shape index (κ2) is 8.68. The zero-order valence-electron chi connectivity index (χ0n) is 18.7. The number of ether oxygens (including phenoxy) is 1. The molecule has 0 saturated carbocycles. The van der Waals surface area contributed by atoms with Gasteiger partial charge < -0.3 is 14.5 Å². The fourth-order valence-corrected chi connectivity index (χ4v) is 5.04. The molecular weight excluding hydrogens is 398 g/mol. The van der Waals surface area contributed by atoms with Crippen molar-refractivity contribution in [1.29, 1.82) is 5.26 Å². The summed E-state index contributed by atoms with van der Waals surface area (Å²) in [5.41, 5.74) is 2.38. The maximum atomic E-state index is 10.1. The van der Waals surface area contributed by atoms with E-state index < -0.39 is 0 Å². The highest BCUT2D eigenvalue weighted by Crippen LogP contribution is 2.41. The summed E-state index contributed by atoms with van der Waals surface area (Å²) in [7, 11) is 4.26. The number of likely N-dealkylation sites (tertiary alicyclic amines) is 1. The minimum atomic E-state index is 0.358. The molecule has 2 aliphatic rings. The number of aromatic nitrogens is 2. The van der Waals surface area contributed by atoms with Crippen molar-refractivity contribution in [2.24, 2.45) is 5.92 Å². The highest BCUT2D eigenvalue weighted by Gasteiger charge is 2.35. The van der Waals surface area contributed by atoms with Crippen LogP contribution in [0.3, 0.4) is 0 Å². The quantitative estimate of drug-likeness (QED) is 0.590. The Kier molecular flexibility index (Phi) is 5.59. The van der Waals surface area contributed by atoms with Crippen LogP contribution >= 0.6 is 0 Å². The molecule has 0 amide bonds. The first-order valence-electron chi connectivity index (χ1n) is 11.4. The fraction of sp³-hybridized carbons (Fsp3) is 0.385. The van der Waals surface area contributed by atoms with Gasteiger partial charge in [-0.2, -0.15) is 10.4 Å². The van der Waals surface area contributed by atoms with Crippen LogP contribution in [0.5, 0.6) is 11.5 Å². The molecule has 2 aliphatic heterocycles. The Balaban J connectivity index is 1.46. The van der Waals surface area contributed by atoms with Gasteiger partial charge in [0, 0.05) is 19.2 Å². The van der Waals surface area contributed by atoms with Gasteiger partial charge >= 0.3 is 0 Å². The van der Waals surface area contributed by atoms with Crippen LogP contribution in [0.2, 0.25) is 0 Å². The van der Waals surface area contributed by atoms with Gasteiger partial charge in [0.2, 0.25) is 0 Å². The van der Waals surface area contributed by atoms with E-state index in [1.165, 1.54) is 12.8 Å². The van der Waals surface area contributed by atoms with E-state index in [0.29, 0.717) is 17.5 Å². The smallest absolute Gasteiger partial charge is 0.145 e. The molecule has 1 atom stereocenters. The molecule has 1 unspecified atom stereocenters. The summed E-state index contributed by atoms with van der Waals surface area (Å²) in [6.45, 7) is 3.23. The van der Waals surface area contributed by atoms with Gasteiger partial charge in [0.05, 0.1) is 6.04 Å². The molecule has 0 N–H and O–H groups in total. The molecule has 1 aromatic heterocycles. The molecule has 3 aromatic rings. The summed E-state index contributed by atoms with van der Waals surface area (Å²) in [6.07, 6.45) is 3.45.